The number of carbonyl (C=O) groups excluding carboxylic acids is 1. The maximum atomic E-state index is 12.8. The van der Waals surface area contributed by atoms with Crippen molar-refractivity contribution in [2.45, 2.75) is 23.2 Å². The first-order valence-corrected chi connectivity index (χ1v) is 14.9. The number of hydrogen-bond donors (Lipinski definition) is 4. The normalized spacial score (nSPS) is 13.7. The summed E-state index contributed by atoms with van der Waals surface area (Å²) in [5.41, 5.74) is 6.68. The van der Waals surface area contributed by atoms with E-state index in [1.165, 1.54) is 66.7 Å². The number of alkyl halides is 3. The maximum absolute atomic E-state index is 12.8. The molecular weight excluding hydrogens is 589 g/mol. The fourth-order valence-corrected chi connectivity index (χ4v) is 5.29. The van der Waals surface area contributed by atoms with Crippen LogP contribution in [0.5, 0.6) is 5.75 Å². The molecule has 2 unspecified atom stereocenters. The maximum Gasteiger partial charge on any atom is 0.490 e. The Hall–Kier alpha value is -3.99. The molecule has 16 heteroatoms. The minimum atomic E-state index is -5.33. The Balaban J connectivity index is 2.04. The number of rotatable bonds is 11. The van der Waals surface area contributed by atoms with Crippen LogP contribution in [-0.2, 0) is 29.6 Å². The Bertz CT molecular complexity index is 1650. The summed E-state index contributed by atoms with van der Waals surface area (Å²) < 4.78 is 99.1. The predicted octanol–water partition coefficient (Wildman–Crippen LogP) is 2.43. The van der Waals surface area contributed by atoms with E-state index in [1.54, 1.807) is 6.07 Å². The van der Waals surface area contributed by atoms with E-state index in [-0.39, 0.29) is 27.6 Å². The monoisotopic (exact) mass is 614 g/mol. The number of primary sulfonamides is 1. The predicted molar refractivity (Wildman–Crippen MR) is 143 cm³/mol. The SMILES string of the molecule is CS(=O)(=O)NC(COC(=O)C(F)(F)F)C(Oc1ccc(-c2ccccc2S(N)(=O)=O)cc1)c1cccc(C(=N)N)c1. The van der Waals surface area contributed by atoms with Gasteiger partial charge < -0.3 is 15.2 Å². The Morgan fingerprint density at radius 2 is 1.63 bits per heavy atom. The second-order valence-corrected chi connectivity index (χ2v) is 12.0. The van der Waals surface area contributed by atoms with E-state index in [0.717, 1.165) is 6.26 Å². The van der Waals surface area contributed by atoms with Gasteiger partial charge in [0.05, 0.1) is 17.2 Å². The number of esters is 1. The molecule has 0 radical (unpaired) electrons. The molecule has 3 rings (SSSR count). The highest BCUT2D eigenvalue weighted by molar-refractivity contribution is 7.89. The zero-order valence-corrected chi connectivity index (χ0v) is 22.9. The third kappa shape index (κ3) is 8.75. The molecule has 41 heavy (non-hydrogen) atoms. The average Bonchev–Trinajstić information content (AvgIpc) is 2.88. The molecule has 0 saturated carbocycles. The number of ether oxygens (including phenoxy) is 2. The van der Waals surface area contributed by atoms with Crippen molar-refractivity contribution in [3.05, 3.63) is 83.9 Å². The van der Waals surface area contributed by atoms with Gasteiger partial charge in [-0.1, -0.05) is 48.5 Å². The standard InChI is InChI=1S/C25H25F3N4O7S2/c1-40(34,35)32-20(14-38-24(33)25(26,27)28)22(16-5-4-6-17(13-16)23(29)30)39-18-11-9-15(10-12-18)19-7-2-3-8-21(19)41(31,36)37/h2-13,20,22,32H,14H2,1H3,(H3,29,30)(H2,31,36,37). The fraction of sp³-hybridized carbons (Fsp3) is 0.200. The molecule has 11 nitrogen and oxygen atoms in total. The summed E-state index contributed by atoms with van der Waals surface area (Å²) in [4.78, 5) is 11.3. The molecule has 0 amide bonds. The molecule has 220 valence electrons. The van der Waals surface area contributed by atoms with Crippen LogP contribution in [0.25, 0.3) is 11.1 Å². The van der Waals surface area contributed by atoms with Gasteiger partial charge in [-0.3, -0.25) is 5.41 Å². The zero-order chi connectivity index (χ0) is 30.6. The molecule has 3 aromatic rings. The third-order valence-corrected chi connectivity index (χ3v) is 7.20. The second-order valence-electron chi connectivity index (χ2n) is 8.74. The molecule has 0 aliphatic rings. The lowest BCUT2D eigenvalue weighted by Crippen LogP contribution is -2.45. The highest BCUT2D eigenvalue weighted by Gasteiger charge is 2.42. The number of nitrogens with one attached hydrogen (secondary N) is 2. The molecule has 0 bridgehead atoms. The largest absolute Gasteiger partial charge is 0.490 e. The lowest BCUT2D eigenvalue weighted by atomic mass is 10.00. The van der Waals surface area contributed by atoms with Gasteiger partial charge in [0, 0.05) is 11.1 Å². The van der Waals surface area contributed by atoms with Crippen molar-refractivity contribution < 1.29 is 44.3 Å². The number of sulfonamides is 2. The molecule has 0 aromatic heterocycles. The van der Waals surface area contributed by atoms with Crippen LogP contribution in [0.4, 0.5) is 13.2 Å². The molecular formula is C25H25F3N4O7S2. The van der Waals surface area contributed by atoms with Crippen molar-refractivity contribution in [3.63, 3.8) is 0 Å². The number of amidine groups is 1. The van der Waals surface area contributed by atoms with Gasteiger partial charge in [-0.15, -0.1) is 0 Å². The van der Waals surface area contributed by atoms with Crippen LogP contribution in [0.15, 0.2) is 77.7 Å². The quantitative estimate of drug-likeness (QED) is 0.144. The van der Waals surface area contributed by atoms with Crippen LogP contribution >= 0.6 is 0 Å². The van der Waals surface area contributed by atoms with E-state index < -0.39 is 50.9 Å². The van der Waals surface area contributed by atoms with Crippen molar-refractivity contribution in [3.8, 4) is 16.9 Å². The Kier molecular flexibility index (Phi) is 9.43. The van der Waals surface area contributed by atoms with Crippen molar-refractivity contribution in [2.75, 3.05) is 12.9 Å². The third-order valence-electron chi connectivity index (χ3n) is 5.50. The molecule has 0 aliphatic heterocycles. The molecule has 0 spiro atoms. The van der Waals surface area contributed by atoms with Crippen LogP contribution in [0.2, 0.25) is 0 Å². The summed E-state index contributed by atoms with van der Waals surface area (Å²) in [7, 11) is -8.13. The lowest BCUT2D eigenvalue weighted by molar-refractivity contribution is -0.200. The van der Waals surface area contributed by atoms with E-state index >= 15 is 0 Å². The van der Waals surface area contributed by atoms with Gasteiger partial charge in [0.25, 0.3) is 0 Å². The molecule has 0 heterocycles. The van der Waals surface area contributed by atoms with Gasteiger partial charge in [0.1, 0.15) is 24.3 Å². The van der Waals surface area contributed by atoms with Crippen LogP contribution in [0.1, 0.15) is 17.2 Å². The fourth-order valence-electron chi connectivity index (χ4n) is 3.78. The van der Waals surface area contributed by atoms with Gasteiger partial charge >= 0.3 is 12.1 Å². The summed E-state index contributed by atoms with van der Waals surface area (Å²) in [6.07, 6.45) is -5.97. The summed E-state index contributed by atoms with van der Waals surface area (Å²) in [6, 6.07) is 16.0. The van der Waals surface area contributed by atoms with Gasteiger partial charge in [0.2, 0.25) is 20.0 Å². The van der Waals surface area contributed by atoms with Crippen LogP contribution in [0.3, 0.4) is 0 Å². The van der Waals surface area contributed by atoms with Crippen molar-refractivity contribution in [1.29, 1.82) is 5.41 Å². The van der Waals surface area contributed by atoms with Crippen molar-refractivity contribution in [2.24, 2.45) is 10.9 Å². The van der Waals surface area contributed by atoms with Crippen molar-refractivity contribution in [1.82, 2.24) is 4.72 Å². The number of nitrogens with two attached hydrogens (primary N) is 2. The lowest BCUT2D eigenvalue weighted by Gasteiger charge is -2.29. The van der Waals surface area contributed by atoms with Gasteiger partial charge in [-0.2, -0.15) is 13.2 Å². The van der Waals surface area contributed by atoms with E-state index in [1.807, 2.05) is 0 Å². The molecule has 0 saturated heterocycles. The topological polar surface area (TPSA) is 192 Å². The van der Waals surface area contributed by atoms with Crippen LogP contribution in [0, 0.1) is 5.41 Å². The number of hydrogen-bond acceptors (Lipinski definition) is 8. The summed E-state index contributed by atoms with van der Waals surface area (Å²) >= 11 is 0. The minimum absolute atomic E-state index is 0.0857. The van der Waals surface area contributed by atoms with Gasteiger partial charge in [-0.25, -0.2) is 31.5 Å². The first-order chi connectivity index (χ1) is 19.0. The molecule has 6 N–H and O–H groups in total. The number of benzene rings is 3. The first-order valence-electron chi connectivity index (χ1n) is 11.5. The summed E-state index contributed by atoms with van der Waals surface area (Å²) in [6.45, 7) is -1.07. The highest BCUT2D eigenvalue weighted by Crippen LogP contribution is 2.31. The van der Waals surface area contributed by atoms with E-state index in [9.17, 15) is 34.8 Å². The van der Waals surface area contributed by atoms with E-state index in [2.05, 4.69) is 9.46 Å². The van der Waals surface area contributed by atoms with E-state index in [0.29, 0.717) is 11.1 Å². The average molecular weight is 615 g/mol. The Labute approximate surface area is 233 Å². The molecule has 3 aromatic carbocycles. The summed E-state index contributed by atoms with van der Waals surface area (Å²) in [5, 5.41) is 13.0. The molecule has 2 atom stereocenters. The smallest absolute Gasteiger partial charge is 0.484 e. The van der Waals surface area contributed by atoms with Crippen LogP contribution < -0.4 is 20.3 Å². The van der Waals surface area contributed by atoms with E-state index in [4.69, 9.17) is 21.0 Å². The van der Waals surface area contributed by atoms with Gasteiger partial charge in [-0.05, 0) is 35.4 Å². The highest BCUT2D eigenvalue weighted by atomic mass is 32.2. The second kappa shape index (κ2) is 12.3. The van der Waals surface area contributed by atoms with Gasteiger partial charge in [0.15, 0.2) is 0 Å². The number of carbonyl (C=O) groups is 1. The molecule has 0 fully saturated rings. The Morgan fingerprint density at radius 3 is 2.20 bits per heavy atom. The number of halogens is 3. The molecule has 0 aliphatic carbocycles. The minimum Gasteiger partial charge on any atom is -0.484 e. The summed E-state index contributed by atoms with van der Waals surface area (Å²) in [5.74, 6) is -2.80. The number of nitrogen functional groups attached to an aromatic ring is 1. The Morgan fingerprint density at radius 1 is 1.00 bits per heavy atom. The van der Waals surface area contributed by atoms with Crippen LogP contribution in [-0.4, -0.2) is 53.7 Å². The van der Waals surface area contributed by atoms with Crippen molar-refractivity contribution >= 4 is 31.9 Å². The first kappa shape index (κ1) is 31.5. The zero-order valence-electron chi connectivity index (χ0n) is 21.3.